The summed E-state index contributed by atoms with van der Waals surface area (Å²) in [4.78, 5) is 11.2. The summed E-state index contributed by atoms with van der Waals surface area (Å²) < 4.78 is 2.06. The summed E-state index contributed by atoms with van der Waals surface area (Å²) in [5.41, 5.74) is 6.91. The molecule has 0 spiro atoms. The van der Waals surface area contributed by atoms with Crippen molar-refractivity contribution in [1.82, 2.24) is 4.57 Å². The van der Waals surface area contributed by atoms with Crippen LogP contribution < -0.4 is 11.2 Å². The molecule has 2 N–H and O–H groups in total. The van der Waals surface area contributed by atoms with Crippen molar-refractivity contribution in [3.63, 3.8) is 0 Å². The molecule has 4 heteroatoms. The van der Waals surface area contributed by atoms with Crippen LogP contribution in [0.3, 0.4) is 0 Å². The number of halogens is 1. The van der Waals surface area contributed by atoms with E-state index in [9.17, 15) is 4.79 Å². The number of anilines is 1. The topological polar surface area (TPSA) is 48.0 Å². The third-order valence-electron chi connectivity index (χ3n) is 2.57. The molecule has 0 saturated heterocycles. The summed E-state index contributed by atoms with van der Waals surface area (Å²) in [5.74, 6) is 0.615. The molecule has 0 aromatic carbocycles. The van der Waals surface area contributed by atoms with E-state index >= 15 is 0 Å². The number of aryl methyl sites for hydroxylation is 1. The minimum Gasteiger partial charge on any atom is -0.385 e. The molecule has 0 unspecified atom stereocenters. The summed E-state index contributed by atoms with van der Waals surface area (Å²) in [7, 11) is 0. The van der Waals surface area contributed by atoms with Crippen molar-refractivity contribution < 1.29 is 0 Å². The van der Waals surface area contributed by atoms with Gasteiger partial charge in [0.05, 0.1) is 0 Å². The highest BCUT2D eigenvalue weighted by Crippen LogP contribution is 2.15. The number of hydrogen-bond donors (Lipinski definition) is 1. The minimum atomic E-state index is 0. The first-order valence-corrected chi connectivity index (χ1v) is 4.76. The van der Waals surface area contributed by atoms with Crippen LogP contribution >= 0.6 is 12.4 Å². The predicted molar refractivity (Wildman–Crippen MR) is 59.9 cm³/mol. The first-order chi connectivity index (χ1) is 6.27. The Morgan fingerprint density at radius 1 is 1.21 bits per heavy atom. The molecule has 0 atom stereocenters. The van der Waals surface area contributed by atoms with Crippen molar-refractivity contribution in [1.29, 1.82) is 0 Å². The van der Waals surface area contributed by atoms with Gasteiger partial charge in [-0.3, -0.25) is 4.79 Å². The van der Waals surface area contributed by atoms with Crippen LogP contribution in [0.15, 0.2) is 16.9 Å². The molecule has 0 bridgehead atoms. The van der Waals surface area contributed by atoms with Gasteiger partial charge in [0.1, 0.15) is 5.82 Å². The van der Waals surface area contributed by atoms with E-state index in [1.165, 1.54) is 25.3 Å². The fourth-order valence-electron chi connectivity index (χ4n) is 1.91. The van der Waals surface area contributed by atoms with Gasteiger partial charge in [-0.05, 0) is 19.3 Å². The Morgan fingerprint density at radius 3 is 2.79 bits per heavy atom. The first kappa shape index (κ1) is 11.1. The molecule has 0 fully saturated rings. The third kappa shape index (κ3) is 2.10. The molecule has 1 aliphatic rings. The fraction of sp³-hybridized carbons (Fsp3) is 0.500. The number of hydrogen-bond acceptors (Lipinski definition) is 2. The molecule has 3 nitrogen and oxygen atoms in total. The molecule has 78 valence electrons. The molecule has 1 aliphatic heterocycles. The normalized spacial score (nSPS) is 15.1. The molecule has 2 rings (SSSR count). The van der Waals surface area contributed by atoms with Gasteiger partial charge >= 0.3 is 0 Å². The van der Waals surface area contributed by atoms with Gasteiger partial charge in [-0.2, -0.15) is 0 Å². The number of nitrogens with zero attached hydrogens (tertiary/aromatic N) is 1. The zero-order chi connectivity index (χ0) is 9.26. The Bertz CT molecular complexity index is 373. The van der Waals surface area contributed by atoms with Crippen molar-refractivity contribution in [2.24, 2.45) is 0 Å². The molecule has 2 heterocycles. The van der Waals surface area contributed by atoms with Gasteiger partial charge in [0, 0.05) is 24.4 Å². The Labute approximate surface area is 89.3 Å². The number of nitrogens with two attached hydrogens (primary N) is 1. The average molecular weight is 215 g/mol. The number of aromatic nitrogens is 1. The quantitative estimate of drug-likeness (QED) is 0.713. The summed E-state index contributed by atoms with van der Waals surface area (Å²) in [5, 5.41) is 0. The Kier molecular flexibility index (Phi) is 3.58. The van der Waals surface area contributed by atoms with E-state index in [2.05, 4.69) is 4.57 Å². The van der Waals surface area contributed by atoms with Crippen molar-refractivity contribution in [3.05, 3.63) is 28.0 Å². The summed E-state index contributed by atoms with van der Waals surface area (Å²) in [6, 6.07) is 3.22. The monoisotopic (exact) mass is 214 g/mol. The van der Waals surface area contributed by atoms with Gasteiger partial charge < -0.3 is 10.3 Å². The van der Waals surface area contributed by atoms with Gasteiger partial charge in [-0.15, -0.1) is 12.4 Å². The Hall–Kier alpha value is -0.960. The van der Waals surface area contributed by atoms with Crippen LogP contribution in [0.25, 0.3) is 0 Å². The maximum Gasteiger partial charge on any atom is 0.183 e. The zero-order valence-corrected chi connectivity index (χ0v) is 8.85. The largest absolute Gasteiger partial charge is 0.385 e. The summed E-state index contributed by atoms with van der Waals surface area (Å²) >= 11 is 0. The van der Waals surface area contributed by atoms with Gasteiger partial charge in [0.2, 0.25) is 0 Å². The Morgan fingerprint density at radius 2 is 2.00 bits per heavy atom. The van der Waals surface area contributed by atoms with Crippen molar-refractivity contribution in [2.45, 2.75) is 32.2 Å². The smallest absolute Gasteiger partial charge is 0.183 e. The summed E-state index contributed by atoms with van der Waals surface area (Å²) in [6.45, 7) is 0.960. The molecule has 0 aliphatic carbocycles. The van der Waals surface area contributed by atoms with E-state index in [1.807, 2.05) is 0 Å². The van der Waals surface area contributed by atoms with Crippen LogP contribution in [0.2, 0.25) is 0 Å². The lowest BCUT2D eigenvalue weighted by molar-refractivity contribution is 0.637. The standard InChI is InChI=1S/C10H14N2O.ClH/c11-10-7-9(13)6-8-4-2-1-3-5-12(8)10;/h6-7H,1-5,11H2;1H. The van der Waals surface area contributed by atoms with Gasteiger partial charge in [0.15, 0.2) is 5.43 Å². The molecule has 14 heavy (non-hydrogen) atoms. The lowest BCUT2D eigenvalue weighted by Crippen LogP contribution is -2.15. The molecular weight excluding hydrogens is 200 g/mol. The third-order valence-corrected chi connectivity index (χ3v) is 2.57. The molecule has 0 amide bonds. The van der Waals surface area contributed by atoms with Gasteiger partial charge in [-0.1, -0.05) is 6.42 Å². The molecule has 1 aromatic heterocycles. The zero-order valence-electron chi connectivity index (χ0n) is 8.03. The number of nitrogen functional groups attached to an aromatic ring is 1. The van der Waals surface area contributed by atoms with Gasteiger partial charge in [0.25, 0.3) is 0 Å². The molecular formula is C10H15ClN2O. The van der Waals surface area contributed by atoms with Crippen LogP contribution in [-0.2, 0) is 13.0 Å². The van der Waals surface area contributed by atoms with Gasteiger partial charge in [-0.25, -0.2) is 0 Å². The number of fused-ring (bicyclic) bond motifs is 1. The minimum absolute atomic E-state index is 0. The predicted octanol–water partition coefficient (Wildman–Crippen LogP) is 1.58. The Balaban J connectivity index is 0.000000980. The van der Waals surface area contributed by atoms with Crippen LogP contribution in [0.5, 0.6) is 0 Å². The SMILES string of the molecule is Cl.Nc1cc(=O)cc2n1CCCCC2. The van der Waals surface area contributed by atoms with Crippen molar-refractivity contribution >= 4 is 18.2 Å². The van der Waals surface area contributed by atoms with E-state index in [0.717, 1.165) is 18.7 Å². The first-order valence-electron chi connectivity index (χ1n) is 4.76. The van der Waals surface area contributed by atoms with E-state index in [0.29, 0.717) is 5.82 Å². The number of pyridine rings is 1. The molecule has 0 saturated carbocycles. The van der Waals surface area contributed by atoms with Crippen molar-refractivity contribution in [3.8, 4) is 0 Å². The second-order valence-corrected chi connectivity index (χ2v) is 3.57. The lowest BCUT2D eigenvalue weighted by Gasteiger charge is -2.12. The second kappa shape index (κ2) is 4.51. The van der Waals surface area contributed by atoms with Crippen LogP contribution in [-0.4, -0.2) is 4.57 Å². The highest BCUT2D eigenvalue weighted by atomic mass is 35.5. The molecule has 1 aromatic rings. The van der Waals surface area contributed by atoms with Crippen LogP contribution in [0, 0.1) is 0 Å². The van der Waals surface area contributed by atoms with E-state index < -0.39 is 0 Å². The average Bonchev–Trinajstić information content (AvgIpc) is 2.28. The van der Waals surface area contributed by atoms with Crippen LogP contribution in [0.4, 0.5) is 5.82 Å². The maximum absolute atomic E-state index is 11.2. The molecule has 0 radical (unpaired) electrons. The maximum atomic E-state index is 11.2. The van der Waals surface area contributed by atoms with E-state index in [-0.39, 0.29) is 17.8 Å². The van der Waals surface area contributed by atoms with E-state index in [1.54, 1.807) is 6.07 Å². The second-order valence-electron chi connectivity index (χ2n) is 3.57. The lowest BCUT2D eigenvalue weighted by atomic mass is 10.2. The van der Waals surface area contributed by atoms with E-state index in [4.69, 9.17) is 5.73 Å². The number of rotatable bonds is 0. The highest BCUT2D eigenvalue weighted by Gasteiger charge is 2.08. The summed E-state index contributed by atoms with van der Waals surface area (Å²) in [6.07, 6.45) is 4.55. The van der Waals surface area contributed by atoms with Crippen LogP contribution in [0.1, 0.15) is 25.0 Å². The van der Waals surface area contributed by atoms with Crippen molar-refractivity contribution in [2.75, 3.05) is 5.73 Å². The fourth-order valence-corrected chi connectivity index (χ4v) is 1.91. The highest BCUT2D eigenvalue weighted by molar-refractivity contribution is 5.85.